The number of rotatable bonds is 2. The average Bonchev–Trinajstić information content (AvgIpc) is 2.82. The number of anilines is 1. The summed E-state index contributed by atoms with van der Waals surface area (Å²) in [4.78, 5) is 0. The van der Waals surface area contributed by atoms with Gasteiger partial charge < -0.3 is 10.3 Å². The van der Waals surface area contributed by atoms with Gasteiger partial charge in [0, 0.05) is 20.6 Å². The second kappa shape index (κ2) is 5.31. The van der Waals surface area contributed by atoms with Crippen LogP contribution in [0.3, 0.4) is 0 Å². The van der Waals surface area contributed by atoms with E-state index in [0.29, 0.717) is 16.3 Å². The van der Waals surface area contributed by atoms with E-state index in [9.17, 15) is 0 Å². The van der Waals surface area contributed by atoms with Crippen molar-refractivity contribution in [2.75, 3.05) is 5.73 Å². The number of nitrogens with zero attached hydrogens (tertiary/aromatic N) is 1. The molecule has 2 aromatic carbocycles. The van der Waals surface area contributed by atoms with Gasteiger partial charge in [-0.2, -0.15) is 0 Å². The highest BCUT2D eigenvalue weighted by Crippen LogP contribution is 2.41. The van der Waals surface area contributed by atoms with Crippen molar-refractivity contribution in [2.45, 2.75) is 0 Å². The molecule has 2 N–H and O–H groups in total. The number of benzene rings is 2. The number of nitrogen functional groups attached to an aromatic ring is 1. The summed E-state index contributed by atoms with van der Waals surface area (Å²) in [6.07, 6.45) is 0. The molecular formula is C15H10BrClN2O. The molecule has 0 atom stereocenters. The van der Waals surface area contributed by atoms with E-state index in [1.807, 2.05) is 48.5 Å². The first-order chi connectivity index (χ1) is 9.68. The van der Waals surface area contributed by atoms with Crippen LogP contribution in [-0.2, 0) is 0 Å². The molecule has 0 aliphatic carbocycles. The minimum atomic E-state index is 0.254. The molecule has 1 aromatic heterocycles. The van der Waals surface area contributed by atoms with Crippen LogP contribution in [0.5, 0.6) is 0 Å². The van der Waals surface area contributed by atoms with Gasteiger partial charge in [0.15, 0.2) is 0 Å². The monoisotopic (exact) mass is 348 g/mol. The number of halogens is 2. The van der Waals surface area contributed by atoms with Crippen LogP contribution in [-0.4, -0.2) is 5.16 Å². The van der Waals surface area contributed by atoms with Gasteiger partial charge in [-0.15, -0.1) is 0 Å². The van der Waals surface area contributed by atoms with Crippen molar-refractivity contribution in [1.82, 2.24) is 5.16 Å². The standard InChI is InChI=1S/C15H10BrClN2O/c16-11-7-3-1-5-9(11)14-13(15(18)20-19-14)10-6-2-4-8-12(10)17/h1-8H,18H2. The molecule has 0 fully saturated rings. The van der Waals surface area contributed by atoms with Crippen molar-refractivity contribution in [3.63, 3.8) is 0 Å². The van der Waals surface area contributed by atoms with Gasteiger partial charge in [0.2, 0.25) is 5.88 Å². The van der Waals surface area contributed by atoms with Crippen LogP contribution in [0.25, 0.3) is 22.4 Å². The lowest BCUT2D eigenvalue weighted by atomic mass is 10.0. The summed E-state index contributed by atoms with van der Waals surface area (Å²) in [6.45, 7) is 0. The van der Waals surface area contributed by atoms with Gasteiger partial charge in [-0.05, 0) is 12.1 Å². The van der Waals surface area contributed by atoms with Crippen LogP contribution in [0.4, 0.5) is 5.88 Å². The van der Waals surface area contributed by atoms with Crippen LogP contribution in [0.2, 0.25) is 5.02 Å². The molecule has 1 heterocycles. The summed E-state index contributed by atoms with van der Waals surface area (Å²) >= 11 is 9.76. The minimum absolute atomic E-state index is 0.254. The molecule has 5 heteroatoms. The third-order valence-corrected chi connectivity index (χ3v) is 4.01. The van der Waals surface area contributed by atoms with Crippen molar-refractivity contribution in [3.8, 4) is 22.4 Å². The van der Waals surface area contributed by atoms with Gasteiger partial charge in [0.1, 0.15) is 5.69 Å². The van der Waals surface area contributed by atoms with Crippen molar-refractivity contribution in [1.29, 1.82) is 0 Å². The number of hydrogen-bond acceptors (Lipinski definition) is 3. The second-order valence-electron chi connectivity index (χ2n) is 4.23. The van der Waals surface area contributed by atoms with Crippen LogP contribution in [0, 0.1) is 0 Å². The maximum atomic E-state index is 6.25. The Hall–Kier alpha value is -1.78. The molecule has 0 aliphatic heterocycles. The molecule has 3 rings (SSSR count). The lowest BCUT2D eigenvalue weighted by molar-refractivity contribution is 0.439. The zero-order chi connectivity index (χ0) is 14.1. The smallest absolute Gasteiger partial charge is 0.230 e. The summed E-state index contributed by atoms with van der Waals surface area (Å²) in [5.74, 6) is 0.254. The predicted molar refractivity (Wildman–Crippen MR) is 84.5 cm³/mol. The van der Waals surface area contributed by atoms with Gasteiger partial charge in [-0.1, -0.05) is 69.1 Å². The third-order valence-electron chi connectivity index (χ3n) is 2.99. The number of aromatic nitrogens is 1. The SMILES string of the molecule is Nc1onc(-c2ccccc2Br)c1-c1ccccc1Cl. The van der Waals surface area contributed by atoms with Crippen molar-refractivity contribution < 1.29 is 4.52 Å². The molecule has 3 aromatic rings. The topological polar surface area (TPSA) is 52.0 Å². The molecule has 0 saturated heterocycles. The van der Waals surface area contributed by atoms with E-state index in [1.54, 1.807) is 0 Å². The van der Waals surface area contributed by atoms with Gasteiger partial charge in [0.25, 0.3) is 0 Å². The highest BCUT2D eigenvalue weighted by atomic mass is 79.9. The molecule has 0 amide bonds. The summed E-state index contributed by atoms with van der Waals surface area (Å²) < 4.78 is 6.08. The van der Waals surface area contributed by atoms with Gasteiger partial charge >= 0.3 is 0 Å². The van der Waals surface area contributed by atoms with E-state index >= 15 is 0 Å². The third kappa shape index (κ3) is 2.21. The van der Waals surface area contributed by atoms with Crippen LogP contribution in [0.1, 0.15) is 0 Å². The number of nitrogens with two attached hydrogens (primary N) is 1. The molecular weight excluding hydrogens is 340 g/mol. The lowest BCUT2D eigenvalue weighted by Crippen LogP contribution is -1.89. The molecule has 0 saturated carbocycles. The number of hydrogen-bond donors (Lipinski definition) is 1. The van der Waals surface area contributed by atoms with Crippen LogP contribution < -0.4 is 5.73 Å². The fourth-order valence-electron chi connectivity index (χ4n) is 2.06. The molecule has 3 nitrogen and oxygen atoms in total. The minimum Gasteiger partial charge on any atom is -0.367 e. The fourth-order valence-corrected chi connectivity index (χ4v) is 2.77. The van der Waals surface area contributed by atoms with E-state index in [1.165, 1.54) is 0 Å². The zero-order valence-electron chi connectivity index (χ0n) is 10.3. The van der Waals surface area contributed by atoms with E-state index in [2.05, 4.69) is 21.1 Å². The van der Waals surface area contributed by atoms with Crippen molar-refractivity contribution >= 4 is 33.4 Å². The molecule has 0 unspecified atom stereocenters. The van der Waals surface area contributed by atoms with E-state index in [0.717, 1.165) is 15.6 Å². The van der Waals surface area contributed by atoms with Crippen LogP contribution >= 0.6 is 27.5 Å². The van der Waals surface area contributed by atoms with E-state index in [4.69, 9.17) is 21.9 Å². The van der Waals surface area contributed by atoms with Crippen molar-refractivity contribution in [2.24, 2.45) is 0 Å². The molecule has 100 valence electrons. The molecule has 20 heavy (non-hydrogen) atoms. The normalized spacial score (nSPS) is 10.7. The first-order valence-electron chi connectivity index (χ1n) is 5.93. The maximum Gasteiger partial charge on any atom is 0.230 e. The van der Waals surface area contributed by atoms with Gasteiger partial charge in [-0.25, -0.2) is 0 Å². The first kappa shape index (κ1) is 13.2. The zero-order valence-corrected chi connectivity index (χ0v) is 12.6. The van der Waals surface area contributed by atoms with E-state index < -0.39 is 0 Å². The molecule has 0 spiro atoms. The Bertz CT molecular complexity index is 770. The molecule has 0 radical (unpaired) electrons. The fraction of sp³-hybridized carbons (Fsp3) is 0. The Balaban J connectivity index is 2.26. The highest BCUT2D eigenvalue weighted by Gasteiger charge is 2.20. The Labute approximate surface area is 129 Å². The van der Waals surface area contributed by atoms with E-state index in [-0.39, 0.29) is 5.88 Å². The summed E-state index contributed by atoms with van der Waals surface area (Å²) in [5, 5.41) is 4.68. The Morgan fingerprint density at radius 1 is 1.00 bits per heavy atom. The predicted octanol–water partition coefficient (Wildman–Crippen LogP) is 5.01. The second-order valence-corrected chi connectivity index (χ2v) is 5.49. The largest absolute Gasteiger partial charge is 0.367 e. The highest BCUT2D eigenvalue weighted by molar-refractivity contribution is 9.10. The summed E-state index contributed by atoms with van der Waals surface area (Å²) in [5.41, 5.74) is 9.02. The quantitative estimate of drug-likeness (QED) is 0.708. The molecule has 0 aliphatic rings. The summed E-state index contributed by atoms with van der Waals surface area (Å²) in [6, 6.07) is 15.2. The molecule has 0 bridgehead atoms. The maximum absolute atomic E-state index is 6.25. The summed E-state index contributed by atoms with van der Waals surface area (Å²) in [7, 11) is 0. The average molecular weight is 350 g/mol. The Morgan fingerprint density at radius 2 is 1.65 bits per heavy atom. The van der Waals surface area contributed by atoms with Crippen LogP contribution in [0.15, 0.2) is 57.5 Å². The van der Waals surface area contributed by atoms with Gasteiger partial charge in [-0.3, -0.25) is 0 Å². The first-order valence-corrected chi connectivity index (χ1v) is 7.10. The Kier molecular flexibility index (Phi) is 3.51. The van der Waals surface area contributed by atoms with Crippen molar-refractivity contribution in [3.05, 3.63) is 58.0 Å². The van der Waals surface area contributed by atoms with Gasteiger partial charge in [0.05, 0.1) is 5.56 Å². The Morgan fingerprint density at radius 3 is 2.35 bits per heavy atom. The lowest BCUT2D eigenvalue weighted by Gasteiger charge is -2.06.